The second-order valence-electron chi connectivity index (χ2n) is 4.60. The third-order valence-corrected chi connectivity index (χ3v) is 5.04. The molecule has 0 aliphatic carbocycles. The van der Waals surface area contributed by atoms with Crippen molar-refractivity contribution in [2.75, 3.05) is 7.11 Å². The van der Waals surface area contributed by atoms with Gasteiger partial charge in [-0.1, -0.05) is 5.16 Å². The molecular weight excluding hydrogens is 310 g/mol. The minimum atomic E-state index is -3.77. The fourth-order valence-electron chi connectivity index (χ4n) is 1.65. The summed E-state index contributed by atoms with van der Waals surface area (Å²) in [5.74, 6) is -0.616. The van der Waals surface area contributed by atoms with Gasteiger partial charge in [0.2, 0.25) is 5.91 Å². The Morgan fingerprint density at radius 3 is 2.55 bits per heavy atom. The van der Waals surface area contributed by atoms with Crippen molar-refractivity contribution in [3.05, 3.63) is 30.1 Å². The van der Waals surface area contributed by atoms with E-state index in [0.29, 0.717) is 11.3 Å². The van der Waals surface area contributed by atoms with Crippen molar-refractivity contribution in [1.29, 1.82) is 0 Å². The van der Waals surface area contributed by atoms with Crippen LogP contribution in [-0.4, -0.2) is 36.8 Å². The van der Waals surface area contributed by atoms with E-state index in [0.717, 1.165) is 0 Å². The van der Waals surface area contributed by atoms with Gasteiger partial charge in [0.15, 0.2) is 15.7 Å². The summed E-state index contributed by atoms with van der Waals surface area (Å²) in [7, 11) is -2.23. The van der Waals surface area contributed by atoms with E-state index >= 15 is 0 Å². The summed E-state index contributed by atoms with van der Waals surface area (Å²) in [4.78, 5) is 15.0. The number of amides is 1. The number of nitrogens with zero attached hydrogens (tertiary/aromatic N) is 2. The molecule has 0 radical (unpaired) electrons. The van der Waals surface area contributed by atoms with Crippen LogP contribution in [0.15, 0.2) is 28.8 Å². The molecule has 22 heavy (non-hydrogen) atoms. The van der Waals surface area contributed by atoms with Gasteiger partial charge in [-0.3, -0.25) is 4.79 Å². The SMILES string of the molecule is COc1ccc(-c2nc(CS(=O)(=O)C(C)C(N)=O)no2)cc1. The Labute approximate surface area is 127 Å². The minimum absolute atomic E-state index is 0.0288. The maximum absolute atomic E-state index is 11.9. The van der Waals surface area contributed by atoms with Crippen LogP contribution < -0.4 is 10.5 Å². The summed E-state index contributed by atoms with van der Waals surface area (Å²) in [6, 6.07) is 6.84. The van der Waals surface area contributed by atoms with E-state index < -0.39 is 26.7 Å². The summed E-state index contributed by atoms with van der Waals surface area (Å²) < 4.78 is 33.9. The van der Waals surface area contributed by atoms with Crippen LogP contribution in [0.4, 0.5) is 0 Å². The number of aromatic nitrogens is 2. The first-order valence-corrected chi connectivity index (χ1v) is 8.03. The Bertz CT molecular complexity index is 767. The first-order valence-electron chi connectivity index (χ1n) is 6.31. The van der Waals surface area contributed by atoms with E-state index in [-0.39, 0.29) is 11.7 Å². The molecule has 8 nitrogen and oxygen atoms in total. The molecule has 0 spiro atoms. The zero-order valence-electron chi connectivity index (χ0n) is 12.0. The van der Waals surface area contributed by atoms with E-state index in [9.17, 15) is 13.2 Å². The van der Waals surface area contributed by atoms with Gasteiger partial charge in [-0.25, -0.2) is 8.42 Å². The highest BCUT2D eigenvalue weighted by Gasteiger charge is 2.28. The number of methoxy groups -OCH3 is 1. The largest absolute Gasteiger partial charge is 0.497 e. The van der Waals surface area contributed by atoms with Gasteiger partial charge in [-0.15, -0.1) is 0 Å². The maximum Gasteiger partial charge on any atom is 0.257 e. The van der Waals surface area contributed by atoms with E-state index in [1.54, 1.807) is 31.4 Å². The van der Waals surface area contributed by atoms with Crippen LogP contribution in [0.25, 0.3) is 11.5 Å². The summed E-state index contributed by atoms with van der Waals surface area (Å²) in [6.45, 7) is 1.22. The first-order chi connectivity index (χ1) is 10.3. The van der Waals surface area contributed by atoms with Crippen LogP contribution in [-0.2, 0) is 20.4 Å². The number of hydrogen-bond acceptors (Lipinski definition) is 7. The van der Waals surface area contributed by atoms with Crippen LogP contribution >= 0.6 is 0 Å². The van der Waals surface area contributed by atoms with Gasteiger partial charge in [-0.2, -0.15) is 4.98 Å². The van der Waals surface area contributed by atoms with E-state index in [4.69, 9.17) is 15.0 Å². The van der Waals surface area contributed by atoms with E-state index in [2.05, 4.69) is 10.1 Å². The normalized spacial score (nSPS) is 12.8. The number of sulfone groups is 1. The van der Waals surface area contributed by atoms with Crippen molar-refractivity contribution in [2.45, 2.75) is 17.9 Å². The fourth-order valence-corrected chi connectivity index (χ4v) is 2.73. The van der Waals surface area contributed by atoms with Gasteiger partial charge in [0, 0.05) is 5.56 Å². The van der Waals surface area contributed by atoms with Crippen molar-refractivity contribution < 1.29 is 22.5 Å². The third kappa shape index (κ3) is 3.42. The van der Waals surface area contributed by atoms with Gasteiger partial charge >= 0.3 is 0 Å². The molecule has 0 saturated carbocycles. The molecule has 118 valence electrons. The number of benzene rings is 1. The smallest absolute Gasteiger partial charge is 0.257 e. The molecule has 1 unspecified atom stereocenters. The predicted molar refractivity (Wildman–Crippen MR) is 77.6 cm³/mol. The molecule has 1 aromatic carbocycles. The van der Waals surface area contributed by atoms with E-state index in [1.165, 1.54) is 6.92 Å². The molecule has 0 aliphatic rings. The second-order valence-corrected chi connectivity index (χ2v) is 6.92. The molecule has 0 fully saturated rings. The molecule has 0 bridgehead atoms. The van der Waals surface area contributed by atoms with Gasteiger partial charge in [0.05, 0.1) is 7.11 Å². The van der Waals surface area contributed by atoms with Gasteiger partial charge in [-0.05, 0) is 31.2 Å². The summed E-state index contributed by atoms with van der Waals surface area (Å²) in [5, 5.41) is 2.30. The number of rotatable bonds is 6. The molecule has 0 aliphatic heterocycles. The Kier molecular flexibility index (Phi) is 4.45. The zero-order valence-corrected chi connectivity index (χ0v) is 12.8. The molecule has 2 rings (SSSR count). The zero-order chi connectivity index (χ0) is 16.3. The highest BCUT2D eigenvalue weighted by molar-refractivity contribution is 7.92. The Hall–Kier alpha value is -2.42. The van der Waals surface area contributed by atoms with Gasteiger partial charge < -0.3 is 15.0 Å². The van der Waals surface area contributed by atoms with Gasteiger partial charge in [0.1, 0.15) is 16.8 Å². The lowest BCUT2D eigenvalue weighted by Gasteiger charge is -2.06. The average molecular weight is 325 g/mol. The molecule has 1 atom stereocenters. The topological polar surface area (TPSA) is 125 Å². The van der Waals surface area contributed by atoms with Crippen LogP contribution in [0.3, 0.4) is 0 Å². The Balaban J connectivity index is 2.19. The molecule has 1 aromatic heterocycles. The monoisotopic (exact) mass is 325 g/mol. The quantitative estimate of drug-likeness (QED) is 0.821. The molecule has 9 heteroatoms. The van der Waals surface area contributed by atoms with Crippen LogP contribution in [0, 0.1) is 0 Å². The number of primary amides is 1. The summed E-state index contributed by atoms with van der Waals surface area (Å²) in [5.41, 5.74) is 5.63. The number of carbonyl (C=O) groups excluding carboxylic acids is 1. The van der Waals surface area contributed by atoms with Crippen LogP contribution in [0.2, 0.25) is 0 Å². The highest BCUT2D eigenvalue weighted by Crippen LogP contribution is 2.21. The molecule has 1 amide bonds. The highest BCUT2D eigenvalue weighted by atomic mass is 32.2. The minimum Gasteiger partial charge on any atom is -0.497 e. The second kappa shape index (κ2) is 6.14. The number of nitrogens with two attached hydrogens (primary N) is 1. The number of carbonyl (C=O) groups is 1. The molecule has 0 saturated heterocycles. The maximum atomic E-state index is 11.9. The lowest BCUT2D eigenvalue weighted by atomic mass is 10.2. The molecule has 2 aromatic rings. The number of ether oxygens (including phenoxy) is 1. The van der Waals surface area contributed by atoms with Crippen molar-refractivity contribution in [3.63, 3.8) is 0 Å². The van der Waals surface area contributed by atoms with Crippen molar-refractivity contribution in [1.82, 2.24) is 10.1 Å². The third-order valence-electron chi connectivity index (χ3n) is 3.07. The Morgan fingerprint density at radius 1 is 1.36 bits per heavy atom. The predicted octanol–water partition coefficient (Wildman–Crippen LogP) is 0.534. The molecule has 2 N–H and O–H groups in total. The fraction of sp³-hybridized carbons (Fsp3) is 0.308. The van der Waals surface area contributed by atoms with Crippen LogP contribution in [0.5, 0.6) is 5.75 Å². The molecular formula is C13H15N3O5S. The average Bonchev–Trinajstić information content (AvgIpc) is 2.94. The lowest BCUT2D eigenvalue weighted by molar-refractivity contribution is -0.117. The van der Waals surface area contributed by atoms with Crippen molar-refractivity contribution in [2.24, 2.45) is 5.73 Å². The van der Waals surface area contributed by atoms with E-state index in [1.807, 2.05) is 0 Å². The molecule has 1 heterocycles. The summed E-state index contributed by atoms with van der Waals surface area (Å²) in [6.07, 6.45) is 0. The standard InChI is InChI=1S/C13H15N3O5S/c1-8(12(14)17)22(18,19)7-11-15-13(21-16-11)9-3-5-10(20-2)6-4-9/h3-6,8H,7H2,1-2H3,(H2,14,17). The number of hydrogen-bond donors (Lipinski definition) is 1. The van der Waals surface area contributed by atoms with Crippen molar-refractivity contribution in [3.8, 4) is 17.2 Å². The summed E-state index contributed by atoms with van der Waals surface area (Å²) >= 11 is 0. The van der Waals surface area contributed by atoms with Crippen molar-refractivity contribution >= 4 is 15.7 Å². The van der Waals surface area contributed by atoms with Crippen LogP contribution in [0.1, 0.15) is 12.7 Å². The Morgan fingerprint density at radius 2 is 2.00 bits per heavy atom. The van der Waals surface area contributed by atoms with Gasteiger partial charge in [0.25, 0.3) is 5.89 Å². The first kappa shape index (κ1) is 16.0. The lowest BCUT2D eigenvalue weighted by Crippen LogP contribution is -2.34.